The third-order valence-corrected chi connectivity index (χ3v) is 7.80. The Morgan fingerprint density at radius 1 is 0.972 bits per heavy atom. The minimum absolute atomic E-state index is 0.0766. The highest BCUT2D eigenvalue weighted by atomic mass is 79.9. The lowest BCUT2D eigenvalue weighted by Crippen LogP contribution is -2.41. The Balaban J connectivity index is 1.71. The van der Waals surface area contributed by atoms with Crippen LogP contribution in [0.2, 0.25) is 0 Å². The van der Waals surface area contributed by atoms with E-state index in [0.717, 1.165) is 0 Å². The number of rotatable bonds is 5. The fourth-order valence-corrected chi connectivity index (χ4v) is 6.23. The van der Waals surface area contributed by atoms with Gasteiger partial charge in [0.2, 0.25) is 10.0 Å². The number of nitrogens with one attached hydrogen (secondary N) is 2. The van der Waals surface area contributed by atoms with Crippen molar-refractivity contribution in [3.63, 3.8) is 0 Å². The third-order valence-electron chi connectivity index (χ3n) is 5.50. The quantitative estimate of drug-likeness (QED) is 0.535. The molecule has 2 atom stereocenters. The Kier molecular flexibility index (Phi) is 8.46. The summed E-state index contributed by atoms with van der Waals surface area (Å²) in [6.45, 7) is 12.0. The van der Waals surface area contributed by atoms with Gasteiger partial charge in [0.1, 0.15) is 21.9 Å². The van der Waals surface area contributed by atoms with E-state index in [-0.39, 0.29) is 30.1 Å². The molecule has 3 heterocycles. The van der Waals surface area contributed by atoms with E-state index in [1.807, 2.05) is 4.90 Å². The maximum absolute atomic E-state index is 13.6. The lowest BCUT2D eigenvalue weighted by atomic mass is 10.2. The molecule has 2 fully saturated rings. The van der Waals surface area contributed by atoms with Gasteiger partial charge in [-0.2, -0.15) is 4.31 Å². The summed E-state index contributed by atoms with van der Waals surface area (Å²) in [7, 11) is -3.90. The van der Waals surface area contributed by atoms with E-state index < -0.39 is 33.4 Å². The Hall–Kier alpha value is -2.12. The minimum atomic E-state index is -3.90. The molecule has 2 amide bonds. The van der Waals surface area contributed by atoms with Crippen LogP contribution in [0.5, 0.6) is 0 Å². The van der Waals surface area contributed by atoms with E-state index in [4.69, 9.17) is 9.47 Å². The molecule has 1 aromatic rings. The van der Waals surface area contributed by atoms with Crippen LogP contribution in [0.3, 0.4) is 0 Å². The van der Waals surface area contributed by atoms with Crippen LogP contribution >= 0.6 is 15.9 Å². The van der Waals surface area contributed by atoms with Crippen LogP contribution < -0.4 is 15.5 Å². The van der Waals surface area contributed by atoms with E-state index >= 15 is 0 Å². The first-order valence-corrected chi connectivity index (χ1v) is 14.2. The van der Waals surface area contributed by atoms with Gasteiger partial charge in [0, 0.05) is 42.9 Å². The lowest BCUT2D eigenvalue weighted by Gasteiger charge is -2.25. The zero-order chi connectivity index (χ0) is 26.9. The van der Waals surface area contributed by atoms with Crippen LogP contribution in [-0.2, 0) is 19.5 Å². The smallest absolute Gasteiger partial charge is 0.407 e. The molecule has 13 heteroatoms. The van der Waals surface area contributed by atoms with Gasteiger partial charge < -0.3 is 25.0 Å². The highest BCUT2D eigenvalue weighted by Gasteiger charge is 2.38. The second kappa shape index (κ2) is 10.7. The zero-order valence-corrected chi connectivity index (χ0v) is 24.0. The molecule has 11 nitrogen and oxygen atoms in total. The lowest BCUT2D eigenvalue weighted by molar-refractivity contribution is 0.0496. The number of hydrogen-bond acceptors (Lipinski definition) is 8. The van der Waals surface area contributed by atoms with Crippen molar-refractivity contribution in [2.24, 2.45) is 0 Å². The normalized spacial score (nSPS) is 21.4. The molecule has 1 aromatic heterocycles. The predicted octanol–water partition coefficient (Wildman–Crippen LogP) is 3.24. The van der Waals surface area contributed by atoms with E-state index in [9.17, 15) is 18.0 Å². The summed E-state index contributed by atoms with van der Waals surface area (Å²) in [5.74, 6) is 0.329. The molecule has 0 unspecified atom stereocenters. The number of pyridine rings is 1. The minimum Gasteiger partial charge on any atom is -0.444 e. The molecule has 0 aromatic carbocycles. The van der Waals surface area contributed by atoms with Crippen molar-refractivity contribution in [3.8, 4) is 0 Å². The molecule has 0 saturated carbocycles. The summed E-state index contributed by atoms with van der Waals surface area (Å²) in [5.41, 5.74) is -1.25. The molecule has 0 bridgehead atoms. The van der Waals surface area contributed by atoms with Gasteiger partial charge in [0.15, 0.2) is 0 Å². The van der Waals surface area contributed by atoms with Gasteiger partial charge in [-0.25, -0.2) is 23.0 Å². The predicted molar refractivity (Wildman–Crippen MR) is 138 cm³/mol. The molecule has 0 spiro atoms. The second-order valence-electron chi connectivity index (χ2n) is 11.0. The fraction of sp³-hybridized carbons (Fsp3) is 0.696. The van der Waals surface area contributed by atoms with Gasteiger partial charge in [-0.05, 0) is 76.4 Å². The highest BCUT2D eigenvalue weighted by molar-refractivity contribution is 9.10. The number of anilines is 1. The summed E-state index contributed by atoms with van der Waals surface area (Å²) >= 11 is 3.34. The fourth-order valence-electron chi connectivity index (χ4n) is 4.06. The van der Waals surface area contributed by atoms with Crippen molar-refractivity contribution in [1.82, 2.24) is 19.9 Å². The topological polar surface area (TPSA) is 130 Å². The maximum Gasteiger partial charge on any atom is 0.407 e. The van der Waals surface area contributed by atoms with Crippen molar-refractivity contribution in [1.29, 1.82) is 0 Å². The monoisotopic (exact) mass is 589 g/mol. The number of halogens is 1. The van der Waals surface area contributed by atoms with Crippen LogP contribution in [0.15, 0.2) is 21.6 Å². The van der Waals surface area contributed by atoms with Gasteiger partial charge in [0.25, 0.3) is 0 Å². The second-order valence-corrected chi connectivity index (χ2v) is 13.9. The molecule has 2 N–H and O–H groups in total. The molecule has 202 valence electrons. The van der Waals surface area contributed by atoms with Crippen molar-refractivity contribution in [2.75, 3.05) is 31.1 Å². The number of sulfonamides is 1. The first-order chi connectivity index (χ1) is 16.5. The SMILES string of the molecule is CC(C)(C)OC(=O)N[C@H]1CCN(c2ncc(Br)cc2S(=O)(=O)N2CC[C@H](NC(=O)OC(C)(C)C)C2)C1. The van der Waals surface area contributed by atoms with Crippen molar-refractivity contribution in [2.45, 2.75) is 82.6 Å². The number of ether oxygens (including phenoxy) is 2. The molecular weight excluding hydrogens is 554 g/mol. The van der Waals surface area contributed by atoms with E-state index in [0.29, 0.717) is 36.2 Å². The van der Waals surface area contributed by atoms with Crippen LogP contribution in [0.25, 0.3) is 0 Å². The van der Waals surface area contributed by atoms with Crippen molar-refractivity contribution in [3.05, 3.63) is 16.7 Å². The molecule has 2 aliphatic heterocycles. The number of hydrogen-bond donors (Lipinski definition) is 2. The third kappa shape index (κ3) is 7.69. The molecule has 0 radical (unpaired) electrons. The Morgan fingerprint density at radius 2 is 1.50 bits per heavy atom. The van der Waals surface area contributed by atoms with E-state index in [1.54, 1.807) is 53.8 Å². The Morgan fingerprint density at radius 3 is 2.06 bits per heavy atom. The maximum atomic E-state index is 13.6. The van der Waals surface area contributed by atoms with Gasteiger partial charge in [-0.3, -0.25) is 0 Å². The number of carbonyl (C=O) groups is 2. The summed E-state index contributed by atoms with van der Waals surface area (Å²) in [4.78, 5) is 30.7. The number of alkyl carbamates (subject to hydrolysis) is 2. The molecular formula is C23H36BrN5O6S. The Bertz CT molecular complexity index is 1090. The summed E-state index contributed by atoms with van der Waals surface area (Å²) in [5, 5.41) is 5.60. The standard InChI is InChI=1S/C23H36BrN5O6S/c1-22(2,3)34-20(30)26-16-7-9-28(13-16)19-18(11-15(24)12-25-19)36(32,33)29-10-8-17(14-29)27-21(31)35-23(4,5)6/h11-12,16-17H,7-10,13-14H2,1-6H3,(H,26,30)(H,27,31)/t16-,17-/m0/s1. The summed E-state index contributed by atoms with van der Waals surface area (Å²) < 4.78 is 39.8. The molecule has 0 aliphatic carbocycles. The average molecular weight is 591 g/mol. The molecule has 36 heavy (non-hydrogen) atoms. The molecule has 2 saturated heterocycles. The van der Waals surface area contributed by atoms with Gasteiger partial charge >= 0.3 is 12.2 Å². The van der Waals surface area contributed by atoms with Gasteiger partial charge in [0.05, 0.1) is 6.04 Å². The number of carbonyl (C=O) groups excluding carboxylic acids is 2. The van der Waals surface area contributed by atoms with Crippen molar-refractivity contribution < 1.29 is 27.5 Å². The first-order valence-electron chi connectivity index (χ1n) is 11.9. The van der Waals surface area contributed by atoms with Crippen LogP contribution in [0, 0.1) is 0 Å². The zero-order valence-electron chi connectivity index (χ0n) is 21.6. The molecule has 3 rings (SSSR count). The summed E-state index contributed by atoms with van der Waals surface area (Å²) in [6, 6.07) is 0.989. The number of aromatic nitrogens is 1. The first kappa shape index (κ1) is 28.5. The number of nitrogens with zero attached hydrogens (tertiary/aromatic N) is 3. The highest BCUT2D eigenvalue weighted by Crippen LogP contribution is 2.32. The van der Waals surface area contributed by atoms with Gasteiger partial charge in [-0.15, -0.1) is 0 Å². The average Bonchev–Trinajstić information content (AvgIpc) is 3.35. The number of amides is 2. The van der Waals surface area contributed by atoms with Crippen LogP contribution in [-0.4, -0.2) is 79.4 Å². The Labute approximate surface area is 221 Å². The molecule has 2 aliphatic rings. The van der Waals surface area contributed by atoms with Crippen LogP contribution in [0.1, 0.15) is 54.4 Å². The van der Waals surface area contributed by atoms with E-state index in [1.165, 1.54) is 4.31 Å². The van der Waals surface area contributed by atoms with Crippen molar-refractivity contribution >= 4 is 44.0 Å². The summed E-state index contributed by atoms with van der Waals surface area (Å²) in [6.07, 6.45) is 1.58. The largest absolute Gasteiger partial charge is 0.444 e. The van der Waals surface area contributed by atoms with Crippen LogP contribution in [0.4, 0.5) is 15.4 Å². The van der Waals surface area contributed by atoms with E-state index in [2.05, 4.69) is 31.5 Å². The van der Waals surface area contributed by atoms with Gasteiger partial charge in [-0.1, -0.05) is 0 Å².